The van der Waals surface area contributed by atoms with Crippen LogP contribution >= 0.6 is 0 Å². The molecule has 3 N–H and O–H groups in total. The van der Waals surface area contributed by atoms with E-state index in [2.05, 4.69) is 18.7 Å². The van der Waals surface area contributed by atoms with E-state index >= 15 is 0 Å². The monoisotopic (exact) mass is 478 g/mol. The predicted molar refractivity (Wildman–Crippen MR) is 140 cm³/mol. The lowest BCUT2D eigenvalue weighted by atomic mass is 9.97. The quantitative estimate of drug-likeness (QED) is 0.304. The van der Waals surface area contributed by atoms with Crippen LogP contribution in [0.2, 0.25) is 0 Å². The van der Waals surface area contributed by atoms with E-state index in [1.54, 1.807) is 25.3 Å². The molecule has 0 unspecified atom stereocenters. The van der Waals surface area contributed by atoms with Crippen molar-refractivity contribution in [1.82, 2.24) is 4.90 Å². The van der Waals surface area contributed by atoms with Crippen LogP contribution in [0.5, 0.6) is 11.5 Å². The number of rotatable bonds is 9. The molecule has 188 valence electrons. The maximum absolute atomic E-state index is 13.7. The second-order valence-corrected chi connectivity index (χ2v) is 9.75. The maximum Gasteiger partial charge on any atom is 0.273 e. The number of likely N-dealkylation sites (tertiary alicyclic amines) is 1. The molecule has 0 spiro atoms. The molecule has 0 aromatic heterocycles. The Hall–Kier alpha value is -3.06. The standard InChI is InChI=1S/C28H38N4O3/c1-19-10-9-11-20(2)31(19)16-7-4-8-17-32-23-12-5-6-13-25(23)35-26(28(32)33)22-18-21(27(29)30)14-15-24(22)34-3/h5-6,12-15,18-20,26H,4,7-11,16-17H2,1-3H3,(H3,29,30)/t19-,20+,26-/m0/s1. The molecule has 0 bridgehead atoms. The molecule has 2 aromatic rings. The van der Waals surface area contributed by atoms with Crippen LogP contribution in [0, 0.1) is 5.41 Å². The molecule has 7 nitrogen and oxygen atoms in total. The molecule has 1 saturated heterocycles. The van der Waals surface area contributed by atoms with Crippen molar-refractivity contribution in [1.29, 1.82) is 5.41 Å². The number of nitrogen functional groups attached to an aromatic ring is 1. The molecule has 35 heavy (non-hydrogen) atoms. The summed E-state index contributed by atoms with van der Waals surface area (Å²) >= 11 is 0. The SMILES string of the molecule is COc1ccc(C(=N)N)cc1[C@@H]1Oc2ccccc2N(CCCCCN2[C@H](C)CCC[C@@H]2C)C1=O. The Balaban J connectivity index is 1.47. The Bertz CT molecular complexity index is 1050. The molecule has 0 aliphatic carbocycles. The van der Waals surface area contributed by atoms with Gasteiger partial charge in [0.2, 0.25) is 6.10 Å². The van der Waals surface area contributed by atoms with Crippen LogP contribution in [-0.2, 0) is 4.79 Å². The highest BCUT2D eigenvalue weighted by Crippen LogP contribution is 2.41. The number of piperidine rings is 1. The number of amidine groups is 1. The number of nitrogens with zero attached hydrogens (tertiary/aromatic N) is 2. The molecule has 1 fully saturated rings. The van der Waals surface area contributed by atoms with Crippen LogP contribution in [-0.4, -0.2) is 48.9 Å². The van der Waals surface area contributed by atoms with Crippen LogP contribution < -0.4 is 20.1 Å². The number of ether oxygens (including phenoxy) is 2. The topological polar surface area (TPSA) is 91.9 Å². The molecule has 2 aliphatic heterocycles. The average molecular weight is 479 g/mol. The van der Waals surface area contributed by atoms with Gasteiger partial charge in [0.05, 0.1) is 12.8 Å². The van der Waals surface area contributed by atoms with Gasteiger partial charge in [-0.1, -0.05) is 25.0 Å². The Labute approximate surface area is 208 Å². The highest BCUT2D eigenvalue weighted by molar-refractivity contribution is 6.01. The Morgan fingerprint density at radius 1 is 1.09 bits per heavy atom. The highest BCUT2D eigenvalue weighted by Gasteiger charge is 2.37. The van der Waals surface area contributed by atoms with E-state index in [1.807, 2.05) is 29.2 Å². The number of benzene rings is 2. The molecule has 0 radical (unpaired) electrons. The first-order chi connectivity index (χ1) is 16.9. The van der Waals surface area contributed by atoms with Gasteiger partial charge in [-0.15, -0.1) is 0 Å². The molecule has 7 heteroatoms. The third-order valence-corrected chi connectivity index (χ3v) is 7.39. The normalized spacial score (nSPS) is 22.4. The number of hydrogen-bond donors (Lipinski definition) is 2. The van der Waals surface area contributed by atoms with E-state index in [9.17, 15) is 4.79 Å². The Kier molecular flexibility index (Phi) is 7.96. The summed E-state index contributed by atoms with van der Waals surface area (Å²) in [7, 11) is 1.56. The summed E-state index contributed by atoms with van der Waals surface area (Å²) in [5.74, 6) is 1.02. The van der Waals surface area contributed by atoms with Crippen molar-refractivity contribution < 1.29 is 14.3 Å². The largest absolute Gasteiger partial charge is 0.496 e. The number of para-hydroxylation sites is 2. The van der Waals surface area contributed by atoms with E-state index < -0.39 is 6.10 Å². The minimum Gasteiger partial charge on any atom is -0.496 e. The summed E-state index contributed by atoms with van der Waals surface area (Å²) in [6, 6.07) is 14.2. The number of hydrogen-bond acceptors (Lipinski definition) is 5. The lowest BCUT2D eigenvalue weighted by Gasteiger charge is -2.39. The summed E-state index contributed by atoms with van der Waals surface area (Å²) in [4.78, 5) is 18.2. The lowest BCUT2D eigenvalue weighted by molar-refractivity contribution is -0.126. The van der Waals surface area contributed by atoms with Crippen molar-refractivity contribution in [2.24, 2.45) is 5.73 Å². The number of carbonyl (C=O) groups is 1. The number of carbonyl (C=O) groups excluding carboxylic acids is 1. The van der Waals surface area contributed by atoms with E-state index in [0.717, 1.165) is 31.5 Å². The van der Waals surface area contributed by atoms with Gasteiger partial charge in [-0.05, 0) is 76.4 Å². The van der Waals surface area contributed by atoms with Gasteiger partial charge in [0.1, 0.15) is 17.3 Å². The van der Waals surface area contributed by atoms with E-state index in [-0.39, 0.29) is 11.7 Å². The first-order valence-corrected chi connectivity index (χ1v) is 12.8. The van der Waals surface area contributed by atoms with Gasteiger partial charge in [-0.25, -0.2) is 0 Å². The minimum absolute atomic E-state index is 0.0632. The zero-order valence-corrected chi connectivity index (χ0v) is 21.1. The molecule has 4 rings (SSSR count). The van der Waals surface area contributed by atoms with Gasteiger partial charge in [0.25, 0.3) is 5.91 Å². The molecule has 2 aromatic carbocycles. The average Bonchev–Trinajstić information content (AvgIpc) is 2.85. The van der Waals surface area contributed by atoms with Gasteiger partial charge < -0.3 is 20.1 Å². The van der Waals surface area contributed by atoms with E-state index in [4.69, 9.17) is 20.6 Å². The second-order valence-electron chi connectivity index (χ2n) is 9.75. The van der Waals surface area contributed by atoms with Crippen LogP contribution in [0.15, 0.2) is 42.5 Å². The van der Waals surface area contributed by atoms with Gasteiger partial charge in [0, 0.05) is 29.8 Å². The number of fused-ring (bicyclic) bond motifs is 1. The third kappa shape index (κ3) is 5.45. The zero-order valence-electron chi connectivity index (χ0n) is 21.1. The van der Waals surface area contributed by atoms with Crippen molar-refractivity contribution in [3.8, 4) is 11.5 Å². The lowest BCUT2D eigenvalue weighted by Crippen LogP contribution is -2.44. The summed E-state index contributed by atoms with van der Waals surface area (Å²) in [6.07, 6.45) is 6.18. The van der Waals surface area contributed by atoms with E-state index in [0.29, 0.717) is 41.3 Å². The van der Waals surface area contributed by atoms with Crippen molar-refractivity contribution in [2.45, 2.75) is 70.6 Å². The minimum atomic E-state index is -0.853. The van der Waals surface area contributed by atoms with E-state index in [1.165, 1.54) is 19.3 Å². The van der Waals surface area contributed by atoms with Gasteiger partial charge >= 0.3 is 0 Å². The van der Waals surface area contributed by atoms with Crippen LogP contribution in [0.25, 0.3) is 0 Å². The van der Waals surface area contributed by atoms with Crippen molar-refractivity contribution in [3.05, 3.63) is 53.6 Å². The number of amides is 1. The van der Waals surface area contributed by atoms with Crippen LogP contribution in [0.4, 0.5) is 5.69 Å². The zero-order chi connectivity index (χ0) is 24.9. The van der Waals surface area contributed by atoms with Crippen molar-refractivity contribution >= 4 is 17.4 Å². The first-order valence-electron chi connectivity index (χ1n) is 12.8. The fraction of sp³-hybridized carbons (Fsp3) is 0.500. The maximum atomic E-state index is 13.7. The predicted octanol–water partition coefficient (Wildman–Crippen LogP) is 4.88. The van der Waals surface area contributed by atoms with Crippen LogP contribution in [0.3, 0.4) is 0 Å². The molecular formula is C28H38N4O3. The number of nitrogens with one attached hydrogen (secondary N) is 1. The first kappa shape index (κ1) is 25.0. The Morgan fingerprint density at radius 2 is 1.80 bits per heavy atom. The van der Waals surface area contributed by atoms with Gasteiger partial charge in [-0.3, -0.25) is 15.1 Å². The van der Waals surface area contributed by atoms with Crippen LogP contribution in [0.1, 0.15) is 69.6 Å². The fourth-order valence-corrected chi connectivity index (χ4v) is 5.41. The van der Waals surface area contributed by atoms with Gasteiger partial charge in [-0.2, -0.15) is 0 Å². The number of methoxy groups -OCH3 is 1. The molecule has 0 saturated carbocycles. The highest BCUT2D eigenvalue weighted by atomic mass is 16.5. The number of anilines is 1. The van der Waals surface area contributed by atoms with Crippen molar-refractivity contribution in [2.75, 3.05) is 25.1 Å². The third-order valence-electron chi connectivity index (χ3n) is 7.39. The summed E-state index contributed by atoms with van der Waals surface area (Å²) < 4.78 is 11.7. The second kappa shape index (κ2) is 11.1. The molecule has 2 heterocycles. The molecule has 1 amide bonds. The Morgan fingerprint density at radius 3 is 2.51 bits per heavy atom. The summed E-state index contributed by atoms with van der Waals surface area (Å²) in [5, 5.41) is 7.81. The molecule has 3 atom stereocenters. The van der Waals surface area contributed by atoms with Crippen molar-refractivity contribution in [3.63, 3.8) is 0 Å². The smallest absolute Gasteiger partial charge is 0.273 e. The number of nitrogens with two attached hydrogens (primary N) is 1. The summed E-state index contributed by atoms with van der Waals surface area (Å²) in [6.45, 7) is 6.44. The molecular weight excluding hydrogens is 440 g/mol. The molecule has 2 aliphatic rings. The van der Waals surface area contributed by atoms with Gasteiger partial charge in [0.15, 0.2) is 0 Å². The fourth-order valence-electron chi connectivity index (χ4n) is 5.41. The summed E-state index contributed by atoms with van der Waals surface area (Å²) in [5.41, 5.74) is 7.62. The number of unbranched alkanes of at least 4 members (excludes halogenated alkanes) is 2.